The van der Waals surface area contributed by atoms with Gasteiger partial charge in [0.15, 0.2) is 0 Å². The van der Waals surface area contributed by atoms with Gasteiger partial charge in [0.25, 0.3) is 11.8 Å². The Balaban J connectivity index is 1.39. The monoisotopic (exact) mass is 490 g/mol. The minimum Gasteiger partial charge on any atom is -0.406 e. The summed E-state index contributed by atoms with van der Waals surface area (Å²) in [5.41, 5.74) is 0.0146. The summed E-state index contributed by atoms with van der Waals surface area (Å²) >= 11 is 0. The fourth-order valence-corrected chi connectivity index (χ4v) is 4.42. The zero-order valence-corrected chi connectivity index (χ0v) is 18.5. The summed E-state index contributed by atoms with van der Waals surface area (Å²) in [5, 5.41) is 0. The van der Waals surface area contributed by atoms with Crippen LogP contribution in [-0.2, 0) is 16.1 Å². The predicted molar refractivity (Wildman–Crippen MR) is 114 cm³/mol. The minimum absolute atomic E-state index is 0.0181. The highest BCUT2D eigenvalue weighted by Crippen LogP contribution is 2.50. The van der Waals surface area contributed by atoms with E-state index in [1.54, 1.807) is 11.0 Å². The second kappa shape index (κ2) is 8.52. The Morgan fingerprint density at radius 1 is 1.09 bits per heavy atom. The van der Waals surface area contributed by atoms with Gasteiger partial charge < -0.3 is 19.3 Å². The molecule has 184 valence electrons. The Bertz CT molecular complexity index is 1160. The summed E-state index contributed by atoms with van der Waals surface area (Å²) in [4.78, 5) is 47.8. The highest BCUT2D eigenvalue weighted by atomic mass is 19.4. The van der Waals surface area contributed by atoms with E-state index in [9.17, 15) is 27.6 Å². The summed E-state index contributed by atoms with van der Waals surface area (Å²) in [6.45, 7) is 1.78. The molecule has 1 aromatic carbocycles. The van der Waals surface area contributed by atoms with Crippen molar-refractivity contribution in [2.75, 3.05) is 31.2 Å². The van der Waals surface area contributed by atoms with Crippen molar-refractivity contribution < 1.29 is 37.0 Å². The highest BCUT2D eigenvalue weighted by molar-refractivity contribution is 6.24. The number of halogens is 3. The number of hydrogen-bond acceptors (Lipinski definition) is 6. The molecule has 3 fully saturated rings. The Hall–Kier alpha value is -3.67. The predicted octanol–water partition coefficient (Wildman–Crippen LogP) is 2.95. The van der Waals surface area contributed by atoms with Crippen molar-refractivity contribution >= 4 is 23.5 Å². The molecule has 1 saturated carbocycles. The molecule has 0 unspecified atom stereocenters. The second-order valence-electron chi connectivity index (χ2n) is 8.52. The molecule has 0 atom stereocenters. The lowest BCUT2D eigenvalue weighted by molar-refractivity contribution is -0.274. The zero-order valence-electron chi connectivity index (χ0n) is 18.5. The molecule has 1 aliphatic carbocycles. The summed E-state index contributed by atoms with van der Waals surface area (Å²) in [7, 11) is 0. The molecule has 0 bridgehead atoms. The van der Waals surface area contributed by atoms with Gasteiger partial charge in [0.2, 0.25) is 0 Å². The van der Waals surface area contributed by atoms with Gasteiger partial charge in [0.1, 0.15) is 11.3 Å². The molecule has 4 amide bonds. The first-order valence-corrected chi connectivity index (χ1v) is 11.0. The highest BCUT2D eigenvalue weighted by Gasteiger charge is 2.65. The zero-order chi connectivity index (χ0) is 24.8. The van der Waals surface area contributed by atoms with Gasteiger partial charge in [0, 0.05) is 32.0 Å². The molecule has 35 heavy (non-hydrogen) atoms. The molecule has 0 N–H and O–H groups in total. The standard InChI is InChI=1S/C23H21F3N4O5/c24-23(25,26)35-17-3-1-16(2-4-17)30-20(32)22(6-7-22)29(21(30)33)14-15-5-8-27-13-18(15)19(31)28-9-11-34-12-10-28/h1-5,8,13H,6-7,9-12,14H2. The molecule has 0 radical (unpaired) electrons. The molecule has 5 rings (SSSR count). The van der Waals surface area contributed by atoms with Crippen molar-refractivity contribution in [3.63, 3.8) is 0 Å². The first-order chi connectivity index (χ1) is 16.7. The van der Waals surface area contributed by atoms with E-state index in [0.717, 1.165) is 17.0 Å². The van der Waals surface area contributed by atoms with Crippen LogP contribution >= 0.6 is 0 Å². The molecule has 1 aromatic heterocycles. The molecule has 3 aliphatic rings. The molecular weight excluding hydrogens is 469 g/mol. The van der Waals surface area contributed by atoms with Gasteiger partial charge in [-0.1, -0.05) is 0 Å². The Kier molecular flexibility index (Phi) is 5.62. The normalized spacial score (nSPS) is 19.5. The van der Waals surface area contributed by atoms with Crippen LogP contribution in [0.25, 0.3) is 0 Å². The number of aromatic nitrogens is 1. The fraction of sp³-hybridized carbons (Fsp3) is 0.391. The van der Waals surface area contributed by atoms with Gasteiger partial charge in [0.05, 0.1) is 24.5 Å². The number of rotatable bonds is 5. The van der Waals surface area contributed by atoms with Crippen molar-refractivity contribution in [3.8, 4) is 5.75 Å². The van der Waals surface area contributed by atoms with Gasteiger partial charge in [-0.2, -0.15) is 0 Å². The van der Waals surface area contributed by atoms with Crippen LogP contribution < -0.4 is 9.64 Å². The molecule has 12 heteroatoms. The molecular formula is C23H21F3N4O5. The summed E-state index contributed by atoms with van der Waals surface area (Å²) in [6, 6.07) is 5.61. The van der Waals surface area contributed by atoms with Gasteiger partial charge >= 0.3 is 12.4 Å². The summed E-state index contributed by atoms with van der Waals surface area (Å²) in [5.74, 6) is -1.13. The van der Waals surface area contributed by atoms with Crippen molar-refractivity contribution in [3.05, 3.63) is 53.9 Å². The average molecular weight is 490 g/mol. The number of hydrogen-bond donors (Lipinski definition) is 0. The van der Waals surface area contributed by atoms with Crippen molar-refractivity contribution in [2.45, 2.75) is 31.3 Å². The lowest BCUT2D eigenvalue weighted by Gasteiger charge is -2.28. The number of alkyl halides is 3. The molecule has 3 heterocycles. The van der Waals surface area contributed by atoms with Crippen LogP contribution in [0.15, 0.2) is 42.7 Å². The number of carbonyl (C=O) groups is 3. The maximum atomic E-state index is 13.4. The van der Waals surface area contributed by atoms with Crippen LogP contribution in [0.3, 0.4) is 0 Å². The SMILES string of the molecule is O=C(c1cnccc1CN1C(=O)N(c2ccc(OC(F)(F)F)cc2)C(=O)C12CC2)N1CCOCC1. The second-order valence-corrected chi connectivity index (χ2v) is 8.52. The Labute approximate surface area is 198 Å². The van der Waals surface area contributed by atoms with E-state index in [2.05, 4.69) is 9.72 Å². The van der Waals surface area contributed by atoms with E-state index in [1.165, 1.54) is 29.4 Å². The van der Waals surface area contributed by atoms with Gasteiger partial charge in [-0.15, -0.1) is 13.2 Å². The number of imide groups is 1. The quantitative estimate of drug-likeness (QED) is 0.599. The first-order valence-electron chi connectivity index (χ1n) is 11.0. The summed E-state index contributed by atoms with van der Waals surface area (Å²) < 4.78 is 46.5. The third-order valence-electron chi connectivity index (χ3n) is 6.36. The number of amides is 4. The third-order valence-corrected chi connectivity index (χ3v) is 6.36. The number of benzene rings is 1. The first kappa shape index (κ1) is 23.1. The fourth-order valence-electron chi connectivity index (χ4n) is 4.42. The number of ether oxygens (including phenoxy) is 2. The van der Waals surface area contributed by atoms with Gasteiger partial charge in [-0.3, -0.25) is 14.6 Å². The smallest absolute Gasteiger partial charge is 0.406 e. The third kappa shape index (κ3) is 4.29. The molecule has 2 aromatic rings. The van der Waals surface area contributed by atoms with Gasteiger partial charge in [-0.25, -0.2) is 9.69 Å². The number of anilines is 1. The van der Waals surface area contributed by atoms with Crippen LogP contribution in [0.5, 0.6) is 5.75 Å². The van der Waals surface area contributed by atoms with Crippen LogP contribution in [0.1, 0.15) is 28.8 Å². The van der Waals surface area contributed by atoms with Crippen molar-refractivity contribution in [2.24, 2.45) is 0 Å². The maximum Gasteiger partial charge on any atom is 0.573 e. The molecule has 9 nitrogen and oxygen atoms in total. The van der Waals surface area contributed by atoms with Crippen LogP contribution in [0.2, 0.25) is 0 Å². The van der Waals surface area contributed by atoms with E-state index in [4.69, 9.17) is 4.74 Å². The molecule has 1 spiro atoms. The number of pyridine rings is 1. The minimum atomic E-state index is -4.85. The lowest BCUT2D eigenvalue weighted by Crippen LogP contribution is -2.42. The van der Waals surface area contributed by atoms with E-state index in [0.29, 0.717) is 50.3 Å². The van der Waals surface area contributed by atoms with E-state index in [-0.39, 0.29) is 18.1 Å². The largest absolute Gasteiger partial charge is 0.573 e. The van der Waals surface area contributed by atoms with E-state index < -0.39 is 29.6 Å². The lowest BCUT2D eigenvalue weighted by atomic mass is 10.1. The average Bonchev–Trinajstić information content (AvgIpc) is 3.61. The van der Waals surface area contributed by atoms with E-state index >= 15 is 0 Å². The topological polar surface area (TPSA) is 92.3 Å². The number of nitrogens with zero attached hydrogens (tertiary/aromatic N) is 4. The van der Waals surface area contributed by atoms with Crippen molar-refractivity contribution in [1.82, 2.24) is 14.8 Å². The number of carbonyl (C=O) groups excluding carboxylic acids is 3. The van der Waals surface area contributed by atoms with Crippen LogP contribution in [0, 0.1) is 0 Å². The van der Waals surface area contributed by atoms with Crippen LogP contribution in [-0.4, -0.2) is 70.8 Å². The number of morpholine rings is 1. The van der Waals surface area contributed by atoms with E-state index in [1.807, 2.05) is 0 Å². The molecule has 2 aliphatic heterocycles. The van der Waals surface area contributed by atoms with Crippen molar-refractivity contribution in [1.29, 1.82) is 0 Å². The molecule has 2 saturated heterocycles. The number of urea groups is 1. The Morgan fingerprint density at radius 2 is 1.77 bits per heavy atom. The maximum absolute atomic E-state index is 13.4. The van der Waals surface area contributed by atoms with Crippen LogP contribution in [0.4, 0.5) is 23.7 Å². The summed E-state index contributed by atoms with van der Waals surface area (Å²) in [6.07, 6.45) is -0.963. The Morgan fingerprint density at radius 3 is 2.40 bits per heavy atom. The van der Waals surface area contributed by atoms with Gasteiger partial charge in [-0.05, 0) is 48.7 Å².